The molecule has 0 saturated carbocycles. The van der Waals surface area contributed by atoms with E-state index in [9.17, 15) is 14.9 Å². The second-order valence-corrected chi connectivity index (χ2v) is 8.57. The molecule has 4 rings (SSSR count). The number of benzene rings is 1. The fraction of sp³-hybridized carbons (Fsp3) is 0.250. The van der Waals surface area contributed by atoms with Crippen molar-refractivity contribution in [2.75, 3.05) is 0 Å². The topological polar surface area (TPSA) is 112 Å². The number of nitriles is 1. The number of hydrogen-bond acceptors (Lipinski definition) is 6. The number of carbonyl (C=O) groups is 2. The molecular weight excluding hydrogens is 390 g/mol. The Morgan fingerprint density at radius 2 is 1.87 bits per heavy atom. The van der Waals surface area contributed by atoms with Gasteiger partial charge in [-0.3, -0.25) is 20.0 Å². The van der Waals surface area contributed by atoms with Gasteiger partial charge in [0.25, 0.3) is 5.91 Å². The lowest BCUT2D eigenvalue weighted by atomic mass is 9.69. The molecule has 2 heterocycles. The highest BCUT2D eigenvalue weighted by atomic mass is 16.2. The number of amides is 1. The van der Waals surface area contributed by atoms with Gasteiger partial charge in [-0.15, -0.1) is 0 Å². The van der Waals surface area contributed by atoms with Crippen LogP contribution in [0.15, 0.2) is 77.5 Å². The Bertz CT molecular complexity index is 1140. The van der Waals surface area contributed by atoms with Crippen molar-refractivity contribution < 1.29 is 9.59 Å². The van der Waals surface area contributed by atoms with E-state index in [2.05, 4.69) is 16.5 Å². The molecule has 0 fully saturated rings. The van der Waals surface area contributed by atoms with Crippen molar-refractivity contribution >= 4 is 11.7 Å². The van der Waals surface area contributed by atoms with Crippen molar-refractivity contribution in [3.8, 4) is 6.07 Å². The molecule has 156 valence electrons. The molecule has 0 bridgehead atoms. The van der Waals surface area contributed by atoms with E-state index in [4.69, 9.17) is 5.73 Å². The van der Waals surface area contributed by atoms with Crippen LogP contribution in [-0.2, 0) is 4.79 Å². The molecule has 1 aliphatic heterocycles. The van der Waals surface area contributed by atoms with E-state index in [0.717, 1.165) is 5.56 Å². The largest absolute Gasteiger partial charge is 0.383 e. The Balaban J connectivity index is 1.86. The smallest absolute Gasteiger partial charge is 0.270 e. The van der Waals surface area contributed by atoms with Crippen molar-refractivity contribution in [1.29, 1.82) is 5.26 Å². The van der Waals surface area contributed by atoms with Crippen LogP contribution in [0, 0.1) is 16.7 Å². The van der Waals surface area contributed by atoms with Gasteiger partial charge in [0.05, 0.1) is 23.3 Å². The number of hydrazine groups is 1. The van der Waals surface area contributed by atoms with E-state index in [1.807, 2.05) is 44.2 Å². The second kappa shape index (κ2) is 7.73. The van der Waals surface area contributed by atoms with E-state index in [1.165, 1.54) is 17.4 Å². The van der Waals surface area contributed by atoms with Gasteiger partial charge in [0.2, 0.25) is 0 Å². The molecule has 2 aliphatic rings. The minimum atomic E-state index is -0.557. The number of nitrogens with zero attached hydrogens (tertiary/aromatic N) is 3. The number of ketones is 1. The zero-order chi connectivity index (χ0) is 22.2. The highest BCUT2D eigenvalue weighted by Crippen LogP contribution is 2.48. The maximum absolute atomic E-state index is 13.3. The molecule has 1 amide bonds. The lowest BCUT2D eigenvalue weighted by Crippen LogP contribution is -2.49. The van der Waals surface area contributed by atoms with Crippen LogP contribution in [0.1, 0.15) is 48.5 Å². The summed E-state index contributed by atoms with van der Waals surface area (Å²) in [7, 11) is 0. The van der Waals surface area contributed by atoms with Gasteiger partial charge in [0.15, 0.2) is 5.78 Å². The molecule has 31 heavy (non-hydrogen) atoms. The van der Waals surface area contributed by atoms with Crippen LogP contribution in [0.3, 0.4) is 0 Å². The normalized spacial score (nSPS) is 20.2. The predicted octanol–water partition coefficient (Wildman–Crippen LogP) is 3.16. The van der Waals surface area contributed by atoms with E-state index in [0.29, 0.717) is 29.7 Å². The lowest BCUT2D eigenvalue weighted by molar-refractivity contribution is -0.118. The van der Waals surface area contributed by atoms with Crippen LogP contribution < -0.4 is 11.2 Å². The third-order valence-electron chi connectivity index (χ3n) is 5.67. The molecule has 0 radical (unpaired) electrons. The van der Waals surface area contributed by atoms with Gasteiger partial charge in [0.1, 0.15) is 5.82 Å². The number of nitrogens with one attached hydrogen (secondary N) is 1. The van der Waals surface area contributed by atoms with Crippen molar-refractivity contribution in [2.45, 2.75) is 32.6 Å². The Hall–Kier alpha value is -3.92. The quantitative estimate of drug-likeness (QED) is 0.799. The molecule has 7 nitrogen and oxygen atoms in total. The van der Waals surface area contributed by atoms with Crippen molar-refractivity contribution in [1.82, 2.24) is 15.4 Å². The number of hydrogen-bond donors (Lipinski definition) is 2. The zero-order valence-electron chi connectivity index (χ0n) is 17.4. The molecule has 7 heteroatoms. The molecule has 1 aliphatic carbocycles. The van der Waals surface area contributed by atoms with Gasteiger partial charge < -0.3 is 5.73 Å². The minimum absolute atomic E-state index is 0.0384. The van der Waals surface area contributed by atoms with Crippen molar-refractivity contribution in [3.63, 3.8) is 0 Å². The first kappa shape index (κ1) is 20.4. The van der Waals surface area contributed by atoms with Crippen LogP contribution in [0.4, 0.5) is 0 Å². The molecule has 2 aromatic rings. The molecule has 1 aromatic carbocycles. The Morgan fingerprint density at radius 1 is 1.19 bits per heavy atom. The van der Waals surface area contributed by atoms with Crippen molar-refractivity contribution in [2.24, 2.45) is 11.1 Å². The summed E-state index contributed by atoms with van der Waals surface area (Å²) in [4.78, 5) is 30.1. The van der Waals surface area contributed by atoms with Gasteiger partial charge in [-0.05, 0) is 29.5 Å². The second-order valence-electron chi connectivity index (χ2n) is 8.57. The highest BCUT2D eigenvalue weighted by Gasteiger charge is 2.44. The highest BCUT2D eigenvalue weighted by molar-refractivity contribution is 6.00. The predicted molar refractivity (Wildman–Crippen MR) is 115 cm³/mol. The molecular formula is C24H23N5O2. The first-order valence-corrected chi connectivity index (χ1v) is 10.0. The van der Waals surface area contributed by atoms with Crippen LogP contribution >= 0.6 is 0 Å². The first-order chi connectivity index (χ1) is 14.8. The number of carbonyl (C=O) groups excluding carboxylic acids is 2. The van der Waals surface area contributed by atoms with Crippen LogP contribution in [0.2, 0.25) is 0 Å². The summed E-state index contributed by atoms with van der Waals surface area (Å²) in [6.45, 7) is 4.02. The van der Waals surface area contributed by atoms with Crippen molar-refractivity contribution in [3.05, 3.63) is 88.6 Å². The average molecular weight is 413 g/mol. The maximum Gasteiger partial charge on any atom is 0.270 e. The maximum atomic E-state index is 13.3. The van der Waals surface area contributed by atoms with E-state index >= 15 is 0 Å². The number of allylic oxidation sites excluding steroid dienone is 3. The van der Waals surface area contributed by atoms with Crippen LogP contribution in [0.25, 0.3) is 0 Å². The van der Waals surface area contributed by atoms with E-state index in [-0.39, 0.29) is 22.6 Å². The molecule has 0 saturated heterocycles. The van der Waals surface area contributed by atoms with Gasteiger partial charge in [0, 0.05) is 30.0 Å². The summed E-state index contributed by atoms with van der Waals surface area (Å²) < 4.78 is 0. The fourth-order valence-electron chi connectivity index (χ4n) is 4.28. The van der Waals surface area contributed by atoms with Gasteiger partial charge in [-0.1, -0.05) is 44.2 Å². The monoisotopic (exact) mass is 413 g/mol. The van der Waals surface area contributed by atoms with E-state index in [1.54, 1.807) is 12.1 Å². The fourth-order valence-corrected chi connectivity index (χ4v) is 4.28. The average Bonchev–Trinajstić information content (AvgIpc) is 2.75. The SMILES string of the molecule is CC1(C)CC(=O)C2=C(C1)N(NC(=O)c1ccncc1)C(N)=C(C#N)C2c1ccccc1. The number of aromatic nitrogens is 1. The number of rotatable bonds is 3. The summed E-state index contributed by atoms with van der Waals surface area (Å²) in [6, 6.07) is 14.8. The minimum Gasteiger partial charge on any atom is -0.383 e. The molecule has 1 unspecified atom stereocenters. The van der Waals surface area contributed by atoms with Crippen LogP contribution in [0.5, 0.6) is 0 Å². The number of nitrogens with two attached hydrogens (primary N) is 1. The summed E-state index contributed by atoms with van der Waals surface area (Å²) in [5.41, 5.74) is 11.6. The van der Waals surface area contributed by atoms with Gasteiger partial charge in [-0.2, -0.15) is 5.26 Å². The van der Waals surface area contributed by atoms with Gasteiger partial charge >= 0.3 is 0 Å². The summed E-state index contributed by atoms with van der Waals surface area (Å²) in [6.07, 6.45) is 3.94. The van der Waals surface area contributed by atoms with Crippen LogP contribution in [-0.4, -0.2) is 21.7 Å². The number of Topliss-reactive ketones (excluding diaryl/α,β-unsaturated/α-hetero) is 1. The number of pyridine rings is 1. The zero-order valence-corrected chi connectivity index (χ0v) is 17.4. The third kappa shape index (κ3) is 3.68. The molecule has 1 aromatic heterocycles. The van der Waals surface area contributed by atoms with E-state index < -0.39 is 11.8 Å². The Labute approximate surface area is 180 Å². The Kier molecular flexibility index (Phi) is 5.07. The lowest BCUT2D eigenvalue weighted by Gasteiger charge is -2.43. The molecule has 1 atom stereocenters. The first-order valence-electron chi connectivity index (χ1n) is 10.0. The summed E-state index contributed by atoms with van der Waals surface area (Å²) in [5, 5.41) is 11.4. The summed E-state index contributed by atoms with van der Waals surface area (Å²) >= 11 is 0. The molecule has 0 spiro atoms. The third-order valence-corrected chi connectivity index (χ3v) is 5.67. The standard InChI is InChI=1S/C24H23N5O2/c1-24(2)12-18-21(19(30)13-24)20(15-6-4-3-5-7-15)17(14-25)22(26)29(18)28-23(31)16-8-10-27-11-9-16/h3-11,20H,12-13,26H2,1-2H3,(H,28,31). The molecule has 3 N–H and O–H groups in total. The Morgan fingerprint density at radius 3 is 2.52 bits per heavy atom. The summed E-state index contributed by atoms with van der Waals surface area (Å²) in [5.74, 6) is -0.867. The van der Waals surface area contributed by atoms with Gasteiger partial charge in [-0.25, -0.2) is 5.01 Å².